The van der Waals surface area contributed by atoms with Crippen LogP contribution in [-0.2, 0) is 7.05 Å². The summed E-state index contributed by atoms with van der Waals surface area (Å²) in [5.74, 6) is 0.871. The van der Waals surface area contributed by atoms with Gasteiger partial charge in [0.1, 0.15) is 16.4 Å². The van der Waals surface area contributed by atoms with E-state index in [0.29, 0.717) is 0 Å². The van der Waals surface area contributed by atoms with Crippen LogP contribution in [0, 0.1) is 6.92 Å². The zero-order valence-corrected chi connectivity index (χ0v) is 19.3. The van der Waals surface area contributed by atoms with Gasteiger partial charge in [0, 0.05) is 31.4 Å². The van der Waals surface area contributed by atoms with Crippen LogP contribution >= 0.6 is 11.8 Å². The molecule has 0 saturated carbocycles. The minimum Gasteiger partial charge on any atom is -0.320 e. The van der Waals surface area contributed by atoms with E-state index in [0.717, 1.165) is 40.8 Å². The van der Waals surface area contributed by atoms with Gasteiger partial charge in [-0.1, -0.05) is 53.8 Å². The summed E-state index contributed by atoms with van der Waals surface area (Å²) in [4.78, 5) is 10.8. The van der Waals surface area contributed by atoms with Gasteiger partial charge < -0.3 is 4.57 Å². The number of rotatable bonds is 5. The highest BCUT2D eigenvalue weighted by Gasteiger charge is 2.25. The smallest absolute Gasteiger partial charge is 0.159 e. The summed E-state index contributed by atoms with van der Waals surface area (Å²) < 4.78 is 2.15. The maximum absolute atomic E-state index is 5.06. The van der Waals surface area contributed by atoms with Gasteiger partial charge in [0.05, 0.1) is 12.6 Å². The number of pyridine rings is 1. The van der Waals surface area contributed by atoms with Crippen molar-refractivity contribution in [2.45, 2.75) is 29.3 Å². The van der Waals surface area contributed by atoms with Crippen molar-refractivity contribution in [3.05, 3.63) is 78.1 Å². The number of hydrazone groups is 1. The summed E-state index contributed by atoms with van der Waals surface area (Å²) in [6, 6.07) is 14.8. The summed E-state index contributed by atoms with van der Waals surface area (Å²) in [7, 11) is 4.13. The van der Waals surface area contributed by atoms with Crippen molar-refractivity contribution < 1.29 is 0 Å². The minimum absolute atomic E-state index is 0.231. The normalized spacial score (nSPS) is 18.4. The van der Waals surface area contributed by atoms with Crippen molar-refractivity contribution >= 4 is 23.5 Å². The molecule has 1 atom stereocenters. The van der Waals surface area contributed by atoms with Gasteiger partial charge in [0.15, 0.2) is 5.82 Å². The topological polar surface area (TPSA) is 49.6 Å². The third-order valence-electron chi connectivity index (χ3n) is 5.72. The molecular weight excluding hydrogens is 416 g/mol. The van der Waals surface area contributed by atoms with E-state index < -0.39 is 0 Å². The van der Waals surface area contributed by atoms with Crippen LogP contribution in [0.4, 0.5) is 0 Å². The first-order chi connectivity index (χ1) is 15.6. The quantitative estimate of drug-likeness (QED) is 0.568. The molecule has 0 bridgehead atoms. The van der Waals surface area contributed by atoms with Crippen LogP contribution in [0.3, 0.4) is 0 Å². The molecular formula is C25H26N6S. The monoisotopic (exact) mass is 442 g/mol. The van der Waals surface area contributed by atoms with E-state index in [1.807, 2.05) is 35.7 Å². The number of hydrogen-bond acceptors (Lipinski definition) is 6. The van der Waals surface area contributed by atoms with E-state index in [1.165, 1.54) is 10.5 Å². The second-order valence-electron chi connectivity index (χ2n) is 8.06. The SMILES string of the molecule is Cc1ccc(Sc2c(C3=CCC(N4N=CCN4C)C=C3)nc(-c3ccccn3)n2C)cc1. The van der Waals surface area contributed by atoms with Crippen molar-refractivity contribution in [2.75, 3.05) is 13.6 Å². The Balaban J connectivity index is 1.50. The Morgan fingerprint density at radius 1 is 1.06 bits per heavy atom. The molecule has 0 fully saturated rings. The molecule has 2 aliphatic rings. The average molecular weight is 443 g/mol. The van der Waals surface area contributed by atoms with Crippen LogP contribution in [0.2, 0.25) is 0 Å². The standard InChI is InChI=1S/C25H26N6S/c1-18-7-13-21(14-8-18)32-25-23(28-24(30(25)3)22-6-4-5-15-26-22)19-9-11-20(12-10-19)31-27-16-17-29(31)2/h4-11,13-16,20H,12,17H2,1-3H3. The van der Waals surface area contributed by atoms with E-state index >= 15 is 0 Å². The number of hydrazine groups is 1. The molecule has 1 aliphatic heterocycles. The van der Waals surface area contributed by atoms with Crippen molar-refractivity contribution in [3.63, 3.8) is 0 Å². The maximum Gasteiger partial charge on any atom is 0.159 e. The van der Waals surface area contributed by atoms with Crippen molar-refractivity contribution in [2.24, 2.45) is 12.1 Å². The molecule has 1 aliphatic carbocycles. The lowest BCUT2D eigenvalue weighted by atomic mass is 10.0. The number of allylic oxidation sites excluding steroid dienone is 2. The molecule has 0 amide bonds. The van der Waals surface area contributed by atoms with E-state index in [9.17, 15) is 0 Å². The molecule has 0 spiro atoms. The third kappa shape index (κ3) is 4.01. The molecule has 5 rings (SSSR count). The van der Waals surface area contributed by atoms with Crippen LogP contribution in [0.5, 0.6) is 0 Å². The fourth-order valence-corrected chi connectivity index (χ4v) is 4.91. The molecule has 7 heteroatoms. The van der Waals surface area contributed by atoms with Crippen molar-refractivity contribution in [1.82, 2.24) is 24.7 Å². The van der Waals surface area contributed by atoms with Crippen LogP contribution in [0.1, 0.15) is 17.7 Å². The van der Waals surface area contributed by atoms with Crippen LogP contribution < -0.4 is 0 Å². The number of hydrogen-bond donors (Lipinski definition) is 0. The summed E-state index contributed by atoms with van der Waals surface area (Å²) in [5.41, 5.74) is 4.26. The Labute approximate surface area is 193 Å². The molecule has 3 heterocycles. The van der Waals surface area contributed by atoms with Crippen LogP contribution in [-0.4, -0.2) is 50.5 Å². The Morgan fingerprint density at radius 2 is 1.91 bits per heavy atom. The van der Waals surface area contributed by atoms with Gasteiger partial charge in [-0.3, -0.25) is 4.98 Å². The number of aryl methyl sites for hydroxylation is 1. The molecule has 1 unspecified atom stereocenters. The van der Waals surface area contributed by atoms with Gasteiger partial charge in [-0.2, -0.15) is 5.10 Å². The van der Waals surface area contributed by atoms with Gasteiger partial charge in [-0.25, -0.2) is 15.1 Å². The zero-order valence-electron chi connectivity index (χ0n) is 18.5. The summed E-state index contributed by atoms with van der Waals surface area (Å²) in [6.07, 6.45) is 11.3. The lowest BCUT2D eigenvalue weighted by Crippen LogP contribution is -2.39. The van der Waals surface area contributed by atoms with Gasteiger partial charge >= 0.3 is 0 Å². The Kier molecular flexibility index (Phi) is 5.68. The second kappa shape index (κ2) is 8.76. The van der Waals surface area contributed by atoms with E-state index in [-0.39, 0.29) is 6.04 Å². The fraction of sp³-hybridized carbons (Fsp3) is 0.240. The maximum atomic E-state index is 5.06. The lowest BCUT2D eigenvalue weighted by molar-refractivity contribution is 0.00978. The first kappa shape index (κ1) is 20.7. The van der Waals surface area contributed by atoms with Gasteiger partial charge in [-0.15, -0.1) is 0 Å². The number of imidazole rings is 1. The first-order valence-electron chi connectivity index (χ1n) is 10.7. The molecule has 2 aromatic heterocycles. The molecule has 0 saturated heterocycles. The Bertz CT molecular complexity index is 1190. The largest absolute Gasteiger partial charge is 0.320 e. The van der Waals surface area contributed by atoms with Crippen LogP contribution in [0.15, 0.2) is 81.9 Å². The van der Waals surface area contributed by atoms with Crippen LogP contribution in [0.25, 0.3) is 17.1 Å². The predicted octanol–water partition coefficient (Wildman–Crippen LogP) is 4.80. The van der Waals surface area contributed by atoms with Gasteiger partial charge in [0.25, 0.3) is 0 Å². The molecule has 162 valence electrons. The second-order valence-corrected chi connectivity index (χ2v) is 9.12. The molecule has 6 nitrogen and oxygen atoms in total. The van der Waals surface area contributed by atoms with E-state index in [4.69, 9.17) is 4.98 Å². The predicted molar refractivity (Wildman–Crippen MR) is 130 cm³/mol. The number of benzene rings is 1. The lowest BCUT2D eigenvalue weighted by Gasteiger charge is -2.30. The Hall–Kier alpha value is -3.16. The zero-order chi connectivity index (χ0) is 22.1. The fourth-order valence-electron chi connectivity index (χ4n) is 3.94. The molecule has 3 aromatic rings. The van der Waals surface area contributed by atoms with Gasteiger partial charge in [0.2, 0.25) is 0 Å². The van der Waals surface area contributed by atoms with E-state index in [2.05, 4.69) is 83.2 Å². The third-order valence-corrected chi connectivity index (χ3v) is 6.88. The average Bonchev–Trinajstić information content (AvgIpc) is 3.39. The molecule has 0 radical (unpaired) electrons. The molecule has 1 aromatic carbocycles. The van der Waals surface area contributed by atoms with Crippen molar-refractivity contribution in [1.29, 1.82) is 0 Å². The summed E-state index contributed by atoms with van der Waals surface area (Å²) >= 11 is 1.74. The van der Waals surface area contributed by atoms with E-state index in [1.54, 1.807) is 11.8 Å². The summed E-state index contributed by atoms with van der Waals surface area (Å²) in [6.45, 7) is 2.96. The highest BCUT2D eigenvalue weighted by atomic mass is 32.2. The van der Waals surface area contributed by atoms with Crippen molar-refractivity contribution in [3.8, 4) is 11.5 Å². The van der Waals surface area contributed by atoms with Gasteiger partial charge in [-0.05, 0) is 43.2 Å². The molecule has 0 N–H and O–H groups in total. The highest BCUT2D eigenvalue weighted by molar-refractivity contribution is 7.99. The minimum atomic E-state index is 0.231. The summed E-state index contributed by atoms with van der Waals surface area (Å²) in [5, 5.41) is 9.79. The number of aromatic nitrogens is 3. The molecule has 32 heavy (non-hydrogen) atoms. The first-order valence-corrected chi connectivity index (χ1v) is 11.6. The number of nitrogens with zero attached hydrogens (tertiary/aromatic N) is 6. The Morgan fingerprint density at radius 3 is 2.56 bits per heavy atom. The highest BCUT2D eigenvalue weighted by Crippen LogP contribution is 2.38.